The highest BCUT2D eigenvalue weighted by Gasteiger charge is 2.20. The van der Waals surface area contributed by atoms with Crippen LogP contribution in [-0.2, 0) is 13.6 Å². The molecule has 5 nitrogen and oxygen atoms in total. The number of piperazine rings is 1. The summed E-state index contributed by atoms with van der Waals surface area (Å²) in [5, 5.41) is 4.43. The first-order valence-electron chi connectivity index (χ1n) is 6.38. The predicted octanol–water partition coefficient (Wildman–Crippen LogP) is 0.895. The molecule has 0 bridgehead atoms. The summed E-state index contributed by atoms with van der Waals surface area (Å²) < 4.78 is 3.08. The predicted molar refractivity (Wildman–Crippen MR) is 84.1 cm³/mol. The second kappa shape index (κ2) is 6.30. The van der Waals surface area contributed by atoms with Gasteiger partial charge in [-0.1, -0.05) is 12.2 Å². The van der Waals surface area contributed by atoms with E-state index >= 15 is 0 Å². The van der Waals surface area contributed by atoms with Crippen LogP contribution in [0, 0.1) is 6.92 Å². The molecule has 1 aromatic rings. The van der Waals surface area contributed by atoms with Crippen molar-refractivity contribution >= 4 is 33.1 Å². The van der Waals surface area contributed by atoms with Gasteiger partial charge in [0.25, 0.3) is 0 Å². The van der Waals surface area contributed by atoms with Crippen LogP contribution < -0.4 is 5.73 Å². The molecule has 1 aliphatic heterocycles. The molecule has 0 aromatic carbocycles. The van der Waals surface area contributed by atoms with Gasteiger partial charge < -0.3 is 5.73 Å². The summed E-state index contributed by atoms with van der Waals surface area (Å²) in [6.07, 6.45) is 0. The molecule has 0 aliphatic carbocycles. The molecule has 7 heteroatoms. The quantitative estimate of drug-likeness (QED) is 0.821. The number of aromatic nitrogens is 2. The zero-order valence-electron chi connectivity index (χ0n) is 11.4. The molecule has 0 spiro atoms. The van der Waals surface area contributed by atoms with Crippen molar-refractivity contribution in [1.82, 2.24) is 19.6 Å². The van der Waals surface area contributed by atoms with Crippen LogP contribution in [0.2, 0.25) is 0 Å². The van der Waals surface area contributed by atoms with Gasteiger partial charge in [0.1, 0.15) is 0 Å². The Morgan fingerprint density at radius 1 is 1.32 bits per heavy atom. The average Bonchev–Trinajstić information content (AvgIpc) is 2.58. The highest BCUT2D eigenvalue weighted by molar-refractivity contribution is 9.10. The first kappa shape index (κ1) is 14.9. The minimum Gasteiger partial charge on any atom is -0.392 e. The maximum Gasteiger partial charge on any atom is 0.0870 e. The van der Waals surface area contributed by atoms with E-state index in [4.69, 9.17) is 18.0 Å². The summed E-state index contributed by atoms with van der Waals surface area (Å²) >= 11 is 8.57. The molecule has 1 aliphatic rings. The highest BCUT2D eigenvalue weighted by atomic mass is 79.9. The number of nitrogens with two attached hydrogens (primary N) is 1. The highest BCUT2D eigenvalue weighted by Crippen LogP contribution is 2.22. The van der Waals surface area contributed by atoms with Crippen molar-refractivity contribution in [3.05, 3.63) is 15.9 Å². The first-order valence-corrected chi connectivity index (χ1v) is 7.58. The Labute approximate surface area is 127 Å². The maximum absolute atomic E-state index is 5.58. The van der Waals surface area contributed by atoms with Gasteiger partial charge in [-0.15, -0.1) is 0 Å². The van der Waals surface area contributed by atoms with Gasteiger partial charge >= 0.3 is 0 Å². The topological polar surface area (TPSA) is 50.3 Å². The van der Waals surface area contributed by atoms with Gasteiger partial charge in [-0.3, -0.25) is 14.5 Å². The number of hydrogen-bond acceptors (Lipinski definition) is 4. The van der Waals surface area contributed by atoms with Crippen molar-refractivity contribution in [2.24, 2.45) is 12.8 Å². The van der Waals surface area contributed by atoms with E-state index in [0.29, 0.717) is 4.99 Å². The van der Waals surface area contributed by atoms with Gasteiger partial charge in [0, 0.05) is 46.3 Å². The normalized spacial score (nSPS) is 17.8. The summed E-state index contributed by atoms with van der Waals surface area (Å²) in [7, 11) is 2.00. The number of aryl methyl sites for hydroxylation is 2. The Hall–Kier alpha value is -0.500. The lowest BCUT2D eigenvalue weighted by molar-refractivity contribution is 0.137. The van der Waals surface area contributed by atoms with Gasteiger partial charge in [-0.05, 0) is 22.9 Å². The molecule has 0 atom stereocenters. The van der Waals surface area contributed by atoms with Crippen molar-refractivity contribution in [2.75, 3.05) is 32.7 Å². The third kappa shape index (κ3) is 3.75. The molecular weight excluding hydrogens is 326 g/mol. The number of halogens is 1. The molecule has 1 saturated heterocycles. The van der Waals surface area contributed by atoms with Crippen molar-refractivity contribution in [2.45, 2.75) is 13.5 Å². The van der Waals surface area contributed by atoms with Crippen LogP contribution in [0.1, 0.15) is 11.4 Å². The summed E-state index contributed by atoms with van der Waals surface area (Å²) in [6.45, 7) is 7.81. The summed E-state index contributed by atoms with van der Waals surface area (Å²) in [6, 6.07) is 0. The number of rotatable bonds is 4. The molecule has 2 rings (SSSR count). The van der Waals surface area contributed by atoms with E-state index in [1.165, 1.54) is 5.69 Å². The number of nitrogens with zero attached hydrogens (tertiary/aromatic N) is 4. The molecule has 1 aromatic heterocycles. The van der Waals surface area contributed by atoms with Crippen molar-refractivity contribution < 1.29 is 0 Å². The van der Waals surface area contributed by atoms with Crippen LogP contribution in [-0.4, -0.2) is 57.3 Å². The fourth-order valence-electron chi connectivity index (χ4n) is 2.39. The van der Waals surface area contributed by atoms with Crippen LogP contribution in [0.25, 0.3) is 0 Å². The SMILES string of the molecule is Cc1nn(C)c(CN2CCN(CC(N)=S)CC2)c1Br. The lowest BCUT2D eigenvalue weighted by Crippen LogP contribution is -2.48. The van der Waals surface area contributed by atoms with Crippen LogP contribution in [0.4, 0.5) is 0 Å². The van der Waals surface area contributed by atoms with Gasteiger partial charge in [-0.25, -0.2) is 0 Å². The van der Waals surface area contributed by atoms with E-state index < -0.39 is 0 Å². The fourth-order valence-corrected chi connectivity index (χ4v) is 3.03. The minimum absolute atomic E-state index is 0.582. The molecule has 2 N–H and O–H groups in total. The van der Waals surface area contributed by atoms with Crippen LogP contribution in [0.5, 0.6) is 0 Å². The number of hydrogen-bond donors (Lipinski definition) is 1. The van der Waals surface area contributed by atoms with Gasteiger partial charge in [0.05, 0.1) is 20.8 Å². The Balaban J connectivity index is 1.90. The molecule has 0 radical (unpaired) electrons. The molecular formula is C12H20BrN5S. The monoisotopic (exact) mass is 345 g/mol. The maximum atomic E-state index is 5.58. The standard InChI is InChI=1S/C12H20BrN5S/c1-9-12(13)10(16(2)15-9)7-17-3-5-18(6-4-17)8-11(14)19/h3-8H2,1-2H3,(H2,14,19). The van der Waals surface area contributed by atoms with E-state index in [9.17, 15) is 0 Å². The average molecular weight is 346 g/mol. The lowest BCUT2D eigenvalue weighted by Gasteiger charge is -2.34. The molecule has 19 heavy (non-hydrogen) atoms. The Bertz CT molecular complexity index is 465. The first-order chi connectivity index (χ1) is 8.97. The van der Waals surface area contributed by atoms with E-state index in [-0.39, 0.29) is 0 Å². The molecule has 106 valence electrons. The van der Waals surface area contributed by atoms with Crippen molar-refractivity contribution in [1.29, 1.82) is 0 Å². The Kier molecular flexibility index (Phi) is 4.94. The second-order valence-corrected chi connectivity index (χ2v) is 6.31. The summed E-state index contributed by atoms with van der Waals surface area (Å²) in [5.74, 6) is 0. The van der Waals surface area contributed by atoms with Crippen LogP contribution in [0.3, 0.4) is 0 Å². The Morgan fingerprint density at radius 3 is 2.37 bits per heavy atom. The van der Waals surface area contributed by atoms with E-state index in [2.05, 4.69) is 30.8 Å². The zero-order valence-corrected chi connectivity index (χ0v) is 13.8. The summed E-state index contributed by atoms with van der Waals surface area (Å²) in [4.78, 5) is 5.33. The molecule has 0 unspecified atom stereocenters. The summed E-state index contributed by atoms with van der Waals surface area (Å²) in [5.41, 5.74) is 7.86. The van der Waals surface area contributed by atoms with E-state index in [1.807, 2.05) is 18.7 Å². The van der Waals surface area contributed by atoms with Gasteiger partial charge in [0.15, 0.2) is 0 Å². The van der Waals surface area contributed by atoms with E-state index in [0.717, 1.165) is 49.4 Å². The van der Waals surface area contributed by atoms with Gasteiger partial charge in [-0.2, -0.15) is 5.10 Å². The third-order valence-electron chi connectivity index (χ3n) is 3.48. The zero-order chi connectivity index (χ0) is 14.0. The van der Waals surface area contributed by atoms with E-state index in [1.54, 1.807) is 0 Å². The molecule has 0 saturated carbocycles. The second-order valence-electron chi connectivity index (χ2n) is 4.99. The van der Waals surface area contributed by atoms with Crippen molar-refractivity contribution in [3.63, 3.8) is 0 Å². The largest absolute Gasteiger partial charge is 0.392 e. The number of thiocarbonyl (C=S) groups is 1. The molecule has 2 heterocycles. The fraction of sp³-hybridized carbons (Fsp3) is 0.667. The van der Waals surface area contributed by atoms with Gasteiger partial charge in [0.2, 0.25) is 0 Å². The Morgan fingerprint density at radius 2 is 1.89 bits per heavy atom. The molecule has 0 amide bonds. The molecule has 1 fully saturated rings. The minimum atomic E-state index is 0.582. The van der Waals surface area contributed by atoms with Crippen molar-refractivity contribution in [3.8, 4) is 0 Å². The lowest BCUT2D eigenvalue weighted by atomic mass is 10.2. The van der Waals surface area contributed by atoms with Crippen LogP contribution in [0.15, 0.2) is 4.47 Å². The third-order valence-corrected chi connectivity index (χ3v) is 4.64. The van der Waals surface area contributed by atoms with Crippen LogP contribution >= 0.6 is 28.1 Å². The smallest absolute Gasteiger partial charge is 0.0870 e.